The standard InChI is InChI=1S/C24H26BrN5O3/c1-32-13-11-30(12-14-33-2)10-4-7-23(31)28-20-8-9-22-21(16-20)24(27-17-26-22)29-19-6-3-5-18(25)15-19/h3,5-6,8-9,15-17H,10-14H2,1-2H3,(H,28,31)(H,26,27,29). The van der Waals surface area contributed by atoms with Crippen LogP contribution in [-0.2, 0) is 14.3 Å². The molecule has 0 saturated carbocycles. The number of nitrogens with zero attached hydrogens (tertiary/aromatic N) is 3. The third-order valence-corrected chi connectivity index (χ3v) is 5.20. The van der Waals surface area contributed by atoms with Crippen LogP contribution in [-0.4, -0.2) is 67.8 Å². The van der Waals surface area contributed by atoms with Gasteiger partial charge in [0, 0.05) is 48.5 Å². The number of hydrogen-bond acceptors (Lipinski definition) is 7. The van der Waals surface area contributed by atoms with Crippen LogP contribution in [0.15, 0.2) is 53.3 Å². The Morgan fingerprint density at radius 1 is 1.06 bits per heavy atom. The summed E-state index contributed by atoms with van der Waals surface area (Å²) < 4.78 is 11.2. The summed E-state index contributed by atoms with van der Waals surface area (Å²) in [5, 5.41) is 6.91. The van der Waals surface area contributed by atoms with E-state index >= 15 is 0 Å². The van der Waals surface area contributed by atoms with Gasteiger partial charge in [-0.2, -0.15) is 0 Å². The van der Waals surface area contributed by atoms with Crippen LogP contribution in [0.2, 0.25) is 0 Å². The van der Waals surface area contributed by atoms with Gasteiger partial charge in [0.05, 0.1) is 25.3 Å². The fraction of sp³-hybridized carbons (Fsp3) is 0.292. The van der Waals surface area contributed by atoms with Gasteiger partial charge in [0.15, 0.2) is 0 Å². The highest BCUT2D eigenvalue weighted by Gasteiger charge is 2.08. The van der Waals surface area contributed by atoms with E-state index < -0.39 is 0 Å². The van der Waals surface area contributed by atoms with Crippen LogP contribution < -0.4 is 10.6 Å². The summed E-state index contributed by atoms with van der Waals surface area (Å²) in [7, 11) is 3.31. The van der Waals surface area contributed by atoms with Crippen molar-refractivity contribution in [3.63, 3.8) is 0 Å². The van der Waals surface area contributed by atoms with E-state index in [4.69, 9.17) is 9.47 Å². The first-order chi connectivity index (χ1) is 16.1. The molecule has 2 aromatic carbocycles. The van der Waals surface area contributed by atoms with E-state index in [1.165, 1.54) is 6.33 Å². The highest BCUT2D eigenvalue weighted by atomic mass is 79.9. The molecule has 2 N–H and O–H groups in total. The molecule has 0 unspecified atom stereocenters. The monoisotopic (exact) mass is 511 g/mol. The van der Waals surface area contributed by atoms with Gasteiger partial charge >= 0.3 is 0 Å². The van der Waals surface area contributed by atoms with Gasteiger partial charge in [-0.25, -0.2) is 9.97 Å². The zero-order chi connectivity index (χ0) is 23.5. The van der Waals surface area contributed by atoms with Crippen LogP contribution in [0, 0.1) is 11.8 Å². The molecule has 172 valence electrons. The zero-order valence-corrected chi connectivity index (χ0v) is 20.2. The second kappa shape index (κ2) is 12.9. The average Bonchev–Trinajstić information content (AvgIpc) is 2.81. The molecule has 1 aromatic heterocycles. The van der Waals surface area contributed by atoms with Gasteiger partial charge in [0.2, 0.25) is 0 Å². The Morgan fingerprint density at radius 3 is 2.58 bits per heavy atom. The van der Waals surface area contributed by atoms with E-state index in [1.54, 1.807) is 20.3 Å². The van der Waals surface area contributed by atoms with Crippen molar-refractivity contribution >= 4 is 49.9 Å². The van der Waals surface area contributed by atoms with E-state index in [1.807, 2.05) is 36.4 Å². The van der Waals surface area contributed by atoms with E-state index in [-0.39, 0.29) is 5.91 Å². The quantitative estimate of drug-likeness (QED) is 0.401. The minimum Gasteiger partial charge on any atom is -0.383 e. The fourth-order valence-corrected chi connectivity index (χ4v) is 3.44. The molecule has 0 fully saturated rings. The average molecular weight is 512 g/mol. The Morgan fingerprint density at radius 2 is 1.85 bits per heavy atom. The molecule has 9 heteroatoms. The summed E-state index contributed by atoms with van der Waals surface area (Å²) in [5.41, 5.74) is 2.26. The molecule has 0 radical (unpaired) electrons. The molecule has 0 saturated heterocycles. The van der Waals surface area contributed by atoms with Gasteiger partial charge < -0.3 is 20.1 Å². The topological polar surface area (TPSA) is 88.6 Å². The van der Waals surface area contributed by atoms with Crippen molar-refractivity contribution in [2.45, 2.75) is 0 Å². The lowest BCUT2D eigenvalue weighted by atomic mass is 10.2. The molecule has 1 heterocycles. The molecular formula is C24H26BrN5O3. The number of hydrogen-bond donors (Lipinski definition) is 2. The number of fused-ring (bicyclic) bond motifs is 1. The van der Waals surface area contributed by atoms with Crippen LogP contribution >= 0.6 is 15.9 Å². The third kappa shape index (κ3) is 7.80. The number of ether oxygens (including phenoxy) is 2. The number of nitrogens with one attached hydrogen (secondary N) is 2. The minimum absolute atomic E-state index is 0.383. The maximum atomic E-state index is 12.4. The maximum absolute atomic E-state index is 12.4. The smallest absolute Gasteiger partial charge is 0.300 e. The lowest BCUT2D eigenvalue weighted by Gasteiger charge is -2.18. The molecule has 0 aliphatic heterocycles. The van der Waals surface area contributed by atoms with Gasteiger partial charge in [-0.3, -0.25) is 9.69 Å². The van der Waals surface area contributed by atoms with Crippen molar-refractivity contribution in [3.8, 4) is 11.8 Å². The van der Waals surface area contributed by atoms with Crippen LogP contribution in [0.4, 0.5) is 17.2 Å². The molecule has 3 aromatic rings. The Labute approximate surface area is 201 Å². The summed E-state index contributed by atoms with van der Waals surface area (Å²) in [6, 6.07) is 13.3. The van der Waals surface area contributed by atoms with Gasteiger partial charge in [0.1, 0.15) is 12.1 Å². The van der Waals surface area contributed by atoms with E-state index in [2.05, 4.69) is 53.3 Å². The lowest BCUT2D eigenvalue weighted by molar-refractivity contribution is -0.111. The van der Waals surface area contributed by atoms with Crippen molar-refractivity contribution in [1.82, 2.24) is 14.9 Å². The van der Waals surface area contributed by atoms with Crippen LogP contribution in [0.3, 0.4) is 0 Å². The fourth-order valence-electron chi connectivity index (χ4n) is 3.04. The number of anilines is 3. The zero-order valence-electron chi connectivity index (χ0n) is 18.6. The second-order valence-corrected chi connectivity index (χ2v) is 8.02. The first-order valence-corrected chi connectivity index (χ1v) is 11.2. The molecule has 0 bridgehead atoms. The van der Waals surface area contributed by atoms with E-state index in [0.717, 1.165) is 21.1 Å². The molecule has 3 rings (SSSR count). The molecule has 0 aliphatic carbocycles. The molecule has 0 aliphatic rings. The predicted molar refractivity (Wildman–Crippen MR) is 134 cm³/mol. The van der Waals surface area contributed by atoms with E-state index in [0.29, 0.717) is 44.4 Å². The summed E-state index contributed by atoms with van der Waals surface area (Å²) in [4.78, 5) is 23.1. The van der Waals surface area contributed by atoms with Gasteiger partial charge in [-0.15, -0.1) is 0 Å². The van der Waals surface area contributed by atoms with Crippen LogP contribution in [0.5, 0.6) is 0 Å². The van der Waals surface area contributed by atoms with Gasteiger partial charge in [-0.1, -0.05) is 27.9 Å². The van der Waals surface area contributed by atoms with Crippen molar-refractivity contribution in [2.24, 2.45) is 0 Å². The molecule has 0 spiro atoms. The minimum atomic E-state index is -0.383. The number of carbonyl (C=O) groups excluding carboxylic acids is 1. The van der Waals surface area contributed by atoms with E-state index in [9.17, 15) is 4.79 Å². The largest absolute Gasteiger partial charge is 0.383 e. The maximum Gasteiger partial charge on any atom is 0.300 e. The van der Waals surface area contributed by atoms with Crippen molar-refractivity contribution in [2.75, 3.05) is 57.7 Å². The summed E-state index contributed by atoms with van der Waals surface area (Å²) in [5.74, 6) is 5.83. The normalized spacial score (nSPS) is 10.7. The van der Waals surface area contributed by atoms with Crippen molar-refractivity contribution in [1.29, 1.82) is 0 Å². The number of benzene rings is 2. The van der Waals surface area contributed by atoms with Gasteiger partial charge in [-0.05, 0) is 42.3 Å². The lowest BCUT2D eigenvalue weighted by Crippen LogP contribution is -2.31. The first kappa shape index (κ1) is 24.6. The highest BCUT2D eigenvalue weighted by Crippen LogP contribution is 2.26. The predicted octanol–water partition coefficient (Wildman–Crippen LogP) is 3.67. The summed E-state index contributed by atoms with van der Waals surface area (Å²) >= 11 is 3.47. The van der Waals surface area contributed by atoms with Crippen molar-refractivity contribution < 1.29 is 14.3 Å². The summed E-state index contributed by atoms with van der Waals surface area (Å²) in [6.07, 6.45) is 1.51. The Bertz CT molecular complexity index is 1140. The van der Waals surface area contributed by atoms with Gasteiger partial charge in [0.25, 0.3) is 5.91 Å². The molecule has 1 amide bonds. The number of rotatable bonds is 10. The first-order valence-electron chi connectivity index (χ1n) is 10.4. The second-order valence-electron chi connectivity index (χ2n) is 7.11. The molecular weight excluding hydrogens is 486 g/mol. The Kier molecular flexibility index (Phi) is 9.59. The Balaban J connectivity index is 1.69. The third-order valence-electron chi connectivity index (χ3n) is 4.71. The number of carbonyl (C=O) groups is 1. The SMILES string of the molecule is COCCN(CC#CC(=O)Nc1ccc2ncnc(Nc3cccc(Br)c3)c2c1)CCOC. The number of halogens is 1. The Hall–Kier alpha value is -3.03. The highest BCUT2D eigenvalue weighted by molar-refractivity contribution is 9.10. The van der Waals surface area contributed by atoms with Crippen LogP contribution in [0.25, 0.3) is 10.9 Å². The number of methoxy groups -OCH3 is 2. The molecule has 8 nitrogen and oxygen atoms in total. The number of amides is 1. The summed E-state index contributed by atoms with van der Waals surface area (Å²) in [6.45, 7) is 3.07. The van der Waals surface area contributed by atoms with Crippen LogP contribution in [0.1, 0.15) is 0 Å². The van der Waals surface area contributed by atoms with Crippen molar-refractivity contribution in [3.05, 3.63) is 53.3 Å². The molecule has 33 heavy (non-hydrogen) atoms. The molecule has 0 atom stereocenters. The number of aromatic nitrogens is 2.